The van der Waals surface area contributed by atoms with E-state index in [4.69, 9.17) is 4.52 Å². The molecule has 0 unspecified atom stereocenters. The van der Waals surface area contributed by atoms with Crippen LogP contribution in [0.25, 0.3) is 11.3 Å². The van der Waals surface area contributed by atoms with Crippen LogP contribution >= 0.6 is 0 Å². The zero-order chi connectivity index (χ0) is 15.4. The summed E-state index contributed by atoms with van der Waals surface area (Å²) in [6.45, 7) is 3.49. The van der Waals surface area contributed by atoms with Crippen molar-refractivity contribution in [1.82, 2.24) is 15.0 Å². The van der Waals surface area contributed by atoms with E-state index in [0.717, 1.165) is 35.0 Å². The van der Waals surface area contributed by atoms with E-state index in [0.29, 0.717) is 6.54 Å². The molecule has 3 aromatic rings. The second kappa shape index (κ2) is 6.54. The van der Waals surface area contributed by atoms with Gasteiger partial charge < -0.3 is 4.52 Å². The molecule has 2 heterocycles. The molecule has 3 rings (SSSR count). The lowest BCUT2D eigenvalue weighted by atomic mass is 10.1. The quantitative estimate of drug-likeness (QED) is 0.719. The van der Waals surface area contributed by atoms with E-state index in [1.54, 1.807) is 0 Å². The molecule has 0 fully saturated rings. The van der Waals surface area contributed by atoms with Gasteiger partial charge in [-0.3, -0.25) is 9.88 Å². The van der Waals surface area contributed by atoms with Crippen LogP contribution in [0.5, 0.6) is 0 Å². The van der Waals surface area contributed by atoms with Crippen molar-refractivity contribution in [2.45, 2.75) is 20.0 Å². The average Bonchev–Trinajstić information content (AvgIpc) is 2.96. The van der Waals surface area contributed by atoms with Crippen LogP contribution in [0.2, 0.25) is 0 Å². The fourth-order valence-electron chi connectivity index (χ4n) is 2.42. The molecule has 0 atom stereocenters. The highest BCUT2D eigenvalue weighted by atomic mass is 16.5. The van der Waals surface area contributed by atoms with E-state index >= 15 is 0 Å². The van der Waals surface area contributed by atoms with Crippen molar-refractivity contribution in [3.8, 4) is 11.3 Å². The highest BCUT2D eigenvalue weighted by Crippen LogP contribution is 2.19. The van der Waals surface area contributed by atoms with Crippen LogP contribution in [-0.4, -0.2) is 22.1 Å². The SMILES string of the molecule is Cc1cccc(CN(C)Cc2cc(-c3ccccc3)no2)n1. The van der Waals surface area contributed by atoms with Crippen molar-refractivity contribution in [3.63, 3.8) is 0 Å². The van der Waals surface area contributed by atoms with Gasteiger partial charge in [0.1, 0.15) is 5.69 Å². The summed E-state index contributed by atoms with van der Waals surface area (Å²) in [4.78, 5) is 6.68. The molecule has 0 spiro atoms. The Morgan fingerprint density at radius 2 is 1.82 bits per heavy atom. The summed E-state index contributed by atoms with van der Waals surface area (Å²) in [7, 11) is 2.05. The topological polar surface area (TPSA) is 42.2 Å². The van der Waals surface area contributed by atoms with Gasteiger partial charge in [-0.2, -0.15) is 0 Å². The van der Waals surface area contributed by atoms with Crippen molar-refractivity contribution in [3.05, 3.63) is 71.7 Å². The first-order valence-electron chi connectivity index (χ1n) is 7.33. The van der Waals surface area contributed by atoms with Gasteiger partial charge in [0.15, 0.2) is 5.76 Å². The number of pyridine rings is 1. The van der Waals surface area contributed by atoms with Gasteiger partial charge in [0.25, 0.3) is 0 Å². The summed E-state index contributed by atoms with van der Waals surface area (Å²) in [5, 5.41) is 4.14. The molecule has 0 radical (unpaired) electrons. The minimum absolute atomic E-state index is 0.704. The van der Waals surface area contributed by atoms with Crippen molar-refractivity contribution in [1.29, 1.82) is 0 Å². The predicted octanol–water partition coefficient (Wildman–Crippen LogP) is 3.68. The summed E-state index contributed by atoms with van der Waals surface area (Å²) in [5.41, 5.74) is 4.04. The third kappa shape index (κ3) is 3.59. The maximum atomic E-state index is 5.44. The zero-order valence-electron chi connectivity index (χ0n) is 12.9. The smallest absolute Gasteiger partial charge is 0.151 e. The lowest BCUT2D eigenvalue weighted by molar-refractivity contribution is 0.264. The van der Waals surface area contributed by atoms with Gasteiger partial charge in [0.2, 0.25) is 0 Å². The highest BCUT2D eigenvalue weighted by molar-refractivity contribution is 5.58. The van der Waals surface area contributed by atoms with E-state index < -0.39 is 0 Å². The van der Waals surface area contributed by atoms with Crippen LogP contribution in [0, 0.1) is 6.92 Å². The minimum Gasteiger partial charge on any atom is -0.359 e. The second-order valence-corrected chi connectivity index (χ2v) is 5.49. The van der Waals surface area contributed by atoms with E-state index in [1.807, 2.05) is 61.5 Å². The monoisotopic (exact) mass is 293 g/mol. The summed E-state index contributed by atoms with van der Waals surface area (Å²) in [6, 6.07) is 18.1. The third-order valence-electron chi connectivity index (χ3n) is 3.43. The van der Waals surface area contributed by atoms with Crippen molar-refractivity contribution in [2.24, 2.45) is 0 Å². The highest BCUT2D eigenvalue weighted by Gasteiger charge is 2.09. The van der Waals surface area contributed by atoms with E-state index in [-0.39, 0.29) is 0 Å². The number of hydrogen-bond donors (Lipinski definition) is 0. The van der Waals surface area contributed by atoms with Gasteiger partial charge in [0, 0.05) is 23.9 Å². The van der Waals surface area contributed by atoms with Crippen molar-refractivity contribution in [2.75, 3.05) is 7.05 Å². The molecule has 1 aromatic carbocycles. The molecule has 0 aliphatic rings. The number of hydrogen-bond acceptors (Lipinski definition) is 4. The molecule has 0 bridgehead atoms. The molecule has 0 amide bonds. The Hall–Kier alpha value is -2.46. The lowest BCUT2D eigenvalue weighted by Gasteiger charge is -2.14. The largest absolute Gasteiger partial charge is 0.359 e. The molecule has 112 valence electrons. The van der Waals surface area contributed by atoms with Crippen LogP contribution < -0.4 is 0 Å². The van der Waals surface area contributed by atoms with E-state index in [1.165, 1.54) is 0 Å². The molecular formula is C18H19N3O. The first-order valence-corrected chi connectivity index (χ1v) is 7.33. The Bertz CT molecular complexity index is 737. The molecule has 0 saturated heterocycles. The summed E-state index contributed by atoms with van der Waals surface area (Å²) in [5.74, 6) is 0.856. The molecule has 4 heteroatoms. The van der Waals surface area contributed by atoms with Gasteiger partial charge in [-0.05, 0) is 26.1 Å². The number of rotatable bonds is 5. The fraction of sp³-hybridized carbons (Fsp3) is 0.222. The van der Waals surface area contributed by atoms with E-state index in [2.05, 4.69) is 22.1 Å². The first-order chi connectivity index (χ1) is 10.7. The van der Waals surface area contributed by atoms with Crippen LogP contribution in [-0.2, 0) is 13.1 Å². The Balaban J connectivity index is 1.65. The number of aromatic nitrogens is 2. The standard InChI is InChI=1S/C18H19N3O/c1-14-7-6-10-16(19-14)12-21(2)13-17-11-18(20-22-17)15-8-4-3-5-9-15/h3-11H,12-13H2,1-2H3. The summed E-state index contributed by atoms with van der Waals surface area (Å²) in [6.07, 6.45) is 0. The van der Waals surface area contributed by atoms with Crippen molar-refractivity contribution >= 4 is 0 Å². The van der Waals surface area contributed by atoms with Crippen LogP contribution in [0.4, 0.5) is 0 Å². The maximum Gasteiger partial charge on any atom is 0.151 e. The van der Waals surface area contributed by atoms with Crippen LogP contribution in [0.15, 0.2) is 59.1 Å². The number of benzene rings is 1. The van der Waals surface area contributed by atoms with Gasteiger partial charge >= 0.3 is 0 Å². The lowest BCUT2D eigenvalue weighted by Crippen LogP contribution is -2.17. The normalized spacial score (nSPS) is 11.0. The second-order valence-electron chi connectivity index (χ2n) is 5.49. The number of aryl methyl sites for hydroxylation is 1. The molecule has 0 aliphatic carbocycles. The Morgan fingerprint density at radius 3 is 2.59 bits per heavy atom. The average molecular weight is 293 g/mol. The Kier molecular flexibility index (Phi) is 4.30. The number of nitrogens with zero attached hydrogens (tertiary/aromatic N) is 3. The molecule has 0 saturated carbocycles. The Labute approximate surface area is 130 Å². The molecule has 0 N–H and O–H groups in total. The third-order valence-corrected chi connectivity index (χ3v) is 3.43. The van der Waals surface area contributed by atoms with Gasteiger partial charge in [-0.25, -0.2) is 0 Å². The molecule has 22 heavy (non-hydrogen) atoms. The molecule has 0 aliphatic heterocycles. The molecule has 2 aromatic heterocycles. The van der Waals surface area contributed by atoms with Gasteiger partial charge in [-0.15, -0.1) is 0 Å². The minimum atomic E-state index is 0.704. The summed E-state index contributed by atoms with van der Waals surface area (Å²) < 4.78 is 5.44. The first kappa shape index (κ1) is 14.5. The molecule has 4 nitrogen and oxygen atoms in total. The van der Waals surface area contributed by atoms with Gasteiger partial charge in [-0.1, -0.05) is 41.6 Å². The van der Waals surface area contributed by atoms with E-state index in [9.17, 15) is 0 Å². The van der Waals surface area contributed by atoms with Gasteiger partial charge in [0.05, 0.1) is 12.2 Å². The summed E-state index contributed by atoms with van der Waals surface area (Å²) >= 11 is 0. The fourth-order valence-corrected chi connectivity index (χ4v) is 2.42. The van der Waals surface area contributed by atoms with Crippen LogP contribution in [0.3, 0.4) is 0 Å². The van der Waals surface area contributed by atoms with Crippen LogP contribution in [0.1, 0.15) is 17.1 Å². The molecular weight excluding hydrogens is 274 g/mol. The zero-order valence-corrected chi connectivity index (χ0v) is 12.9. The Morgan fingerprint density at radius 1 is 1.00 bits per heavy atom. The maximum absolute atomic E-state index is 5.44. The van der Waals surface area contributed by atoms with Crippen molar-refractivity contribution < 1.29 is 4.52 Å². The predicted molar refractivity (Wildman–Crippen MR) is 86.1 cm³/mol.